The molecule has 196 valence electrons. The summed E-state index contributed by atoms with van der Waals surface area (Å²) in [5, 5.41) is 0. The van der Waals surface area contributed by atoms with E-state index < -0.39 is 7.26 Å². The van der Waals surface area contributed by atoms with Crippen molar-refractivity contribution in [1.29, 1.82) is 0 Å². The van der Waals surface area contributed by atoms with E-state index in [4.69, 9.17) is 0 Å². The monoisotopic (exact) mass is 490 g/mol. The van der Waals surface area contributed by atoms with Gasteiger partial charge in [-0.2, -0.15) is 0 Å². The Hall–Kier alpha value is 0.720. The summed E-state index contributed by atoms with van der Waals surface area (Å²) in [4.78, 5) is 0. The molecule has 0 atom stereocenters. The molecule has 0 saturated heterocycles. The van der Waals surface area contributed by atoms with Gasteiger partial charge in [0, 0.05) is 7.26 Å². The SMILES string of the molecule is CCCCCCCCCCCC[P+](CCC)(CCC)CCCCCCCCCCCC.[Cl-]. The number of hydrogen-bond donors (Lipinski definition) is 0. The minimum Gasteiger partial charge on any atom is -1.00 e. The predicted molar refractivity (Wildman–Crippen MR) is 151 cm³/mol. The van der Waals surface area contributed by atoms with Gasteiger partial charge in [-0.1, -0.05) is 130 Å². The molecular formula is C30H64ClP. The van der Waals surface area contributed by atoms with E-state index in [-0.39, 0.29) is 12.4 Å². The Morgan fingerprint density at radius 2 is 0.531 bits per heavy atom. The highest BCUT2D eigenvalue weighted by atomic mass is 35.5. The van der Waals surface area contributed by atoms with E-state index in [1.165, 1.54) is 128 Å². The summed E-state index contributed by atoms with van der Waals surface area (Å²) in [5.41, 5.74) is 0. The van der Waals surface area contributed by atoms with Gasteiger partial charge in [0.1, 0.15) is 0 Å². The lowest BCUT2D eigenvalue weighted by Gasteiger charge is -2.27. The molecule has 32 heavy (non-hydrogen) atoms. The van der Waals surface area contributed by atoms with Crippen molar-refractivity contribution in [2.75, 3.05) is 24.6 Å². The average molecular weight is 491 g/mol. The van der Waals surface area contributed by atoms with E-state index in [9.17, 15) is 0 Å². The van der Waals surface area contributed by atoms with Crippen LogP contribution in [0.25, 0.3) is 0 Å². The molecule has 0 saturated carbocycles. The molecule has 0 aromatic carbocycles. The largest absolute Gasteiger partial charge is 1.00 e. The maximum atomic E-state index is 2.45. The van der Waals surface area contributed by atoms with Crippen LogP contribution in [-0.4, -0.2) is 24.6 Å². The van der Waals surface area contributed by atoms with Crippen molar-refractivity contribution in [3.05, 3.63) is 0 Å². The van der Waals surface area contributed by atoms with Crippen molar-refractivity contribution in [2.45, 2.75) is 169 Å². The molecule has 2 heteroatoms. The minimum absolute atomic E-state index is 0. The molecule has 0 unspecified atom stereocenters. The van der Waals surface area contributed by atoms with E-state index in [2.05, 4.69) is 27.7 Å². The number of rotatable bonds is 26. The van der Waals surface area contributed by atoms with Crippen molar-refractivity contribution in [3.63, 3.8) is 0 Å². The smallest absolute Gasteiger partial charge is 0.0594 e. The summed E-state index contributed by atoms with van der Waals surface area (Å²) < 4.78 is 0. The highest BCUT2D eigenvalue weighted by molar-refractivity contribution is 7.75. The average Bonchev–Trinajstić information content (AvgIpc) is 2.77. The van der Waals surface area contributed by atoms with E-state index in [0.29, 0.717) is 0 Å². The molecule has 0 radical (unpaired) electrons. The number of hydrogen-bond acceptors (Lipinski definition) is 0. The third kappa shape index (κ3) is 22.5. The molecule has 0 heterocycles. The van der Waals surface area contributed by atoms with Crippen molar-refractivity contribution in [3.8, 4) is 0 Å². The van der Waals surface area contributed by atoms with Crippen molar-refractivity contribution in [2.24, 2.45) is 0 Å². The van der Waals surface area contributed by atoms with Crippen LogP contribution < -0.4 is 12.4 Å². The lowest BCUT2D eigenvalue weighted by atomic mass is 10.1. The molecule has 0 bridgehead atoms. The summed E-state index contributed by atoms with van der Waals surface area (Å²) in [6.07, 6.45) is 38.9. The fourth-order valence-corrected chi connectivity index (χ4v) is 10.5. The van der Waals surface area contributed by atoms with Crippen molar-refractivity contribution in [1.82, 2.24) is 0 Å². The predicted octanol–water partition coefficient (Wildman–Crippen LogP) is 8.67. The molecular weight excluding hydrogens is 427 g/mol. The Morgan fingerprint density at radius 3 is 0.781 bits per heavy atom. The van der Waals surface area contributed by atoms with Crippen molar-refractivity contribution < 1.29 is 12.4 Å². The van der Waals surface area contributed by atoms with Gasteiger partial charge in [-0.05, 0) is 38.5 Å². The molecule has 0 aliphatic rings. The van der Waals surface area contributed by atoms with E-state index >= 15 is 0 Å². The van der Waals surface area contributed by atoms with Gasteiger partial charge in [-0.25, -0.2) is 0 Å². The lowest BCUT2D eigenvalue weighted by Crippen LogP contribution is -3.00. The van der Waals surface area contributed by atoms with Crippen LogP contribution in [0.4, 0.5) is 0 Å². The Morgan fingerprint density at radius 1 is 0.281 bits per heavy atom. The van der Waals surface area contributed by atoms with Crippen molar-refractivity contribution >= 4 is 7.26 Å². The first-order chi connectivity index (χ1) is 15.2. The molecule has 0 spiro atoms. The number of unbranched alkanes of at least 4 members (excludes halogenated alkanes) is 18. The summed E-state index contributed by atoms with van der Waals surface area (Å²) in [6, 6.07) is 0. The molecule has 0 N–H and O–H groups in total. The lowest BCUT2D eigenvalue weighted by molar-refractivity contribution is -0.00000713. The van der Waals surface area contributed by atoms with Crippen LogP contribution in [0.15, 0.2) is 0 Å². The van der Waals surface area contributed by atoms with Gasteiger partial charge >= 0.3 is 0 Å². The first-order valence-electron chi connectivity index (χ1n) is 15.1. The Bertz CT molecular complexity index is 299. The van der Waals surface area contributed by atoms with Crippen LogP contribution in [0, 0.1) is 0 Å². The molecule has 0 nitrogen and oxygen atoms in total. The Labute approximate surface area is 213 Å². The number of halogens is 1. The topological polar surface area (TPSA) is 0 Å². The molecule has 0 aliphatic heterocycles. The van der Waals surface area contributed by atoms with Gasteiger partial charge in [-0.15, -0.1) is 0 Å². The van der Waals surface area contributed by atoms with Gasteiger partial charge in [-0.3, -0.25) is 0 Å². The fraction of sp³-hybridized carbons (Fsp3) is 1.00. The van der Waals surface area contributed by atoms with E-state index in [0.717, 1.165) is 0 Å². The van der Waals surface area contributed by atoms with Crippen LogP contribution in [0.1, 0.15) is 169 Å². The Balaban J connectivity index is 0. The maximum absolute atomic E-state index is 2.45. The molecule has 0 aromatic rings. The fourth-order valence-electron chi connectivity index (χ4n) is 5.49. The normalized spacial score (nSPS) is 11.6. The zero-order chi connectivity index (χ0) is 22.9. The van der Waals surface area contributed by atoms with E-state index in [1.54, 1.807) is 37.5 Å². The maximum Gasteiger partial charge on any atom is 0.0594 e. The highest BCUT2D eigenvalue weighted by Gasteiger charge is 2.33. The van der Waals surface area contributed by atoms with Crippen LogP contribution in [0.2, 0.25) is 0 Å². The molecule has 0 aromatic heterocycles. The quantitative estimate of drug-likeness (QED) is 0.0839. The molecule has 0 fully saturated rings. The first kappa shape index (κ1) is 34.9. The standard InChI is InChI=1S/C30H64P.ClH/c1-5-9-11-13-15-17-19-21-23-25-29-31(27-7-3,28-8-4)30-26-24-22-20-18-16-14-12-10-6-2;/h5-30H2,1-4H3;1H/q+1;/p-1. The molecule has 0 amide bonds. The Kier molecular flexibility index (Phi) is 30.5. The van der Waals surface area contributed by atoms with Crippen LogP contribution in [0.3, 0.4) is 0 Å². The summed E-state index contributed by atoms with van der Waals surface area (Å²) in [5.74, 6) is 0. The van der Waals surface area contributed by atoms with E-state index in [1.807, 2.05) is 0 Å². The molecule has 0 aliphatic carbocycles. The van der Waals surface area contributed by atoms with Crippen LogP contribution >= 0.6 is 7.26 Å². The summed E-state index contributed by atoms with van der Waals surface area (Å²) in [7, 11) is -0.644. The van der Waals surface area contributed by atoms with Gasteiger partial charge in [0.15, 0.2) is 0 Å². The summed E-state index contributed by atoms with van der Waals surface area (Å²) >= 11 is 0. The van der Waals surface area contributed by atoms with Crippen LogP contribution in [-0.2, 0) is 0 Å². The third-order valence-electron chi connectivity index (χ3n) is 7.37. The second-order valence-corrected chi connectivity index (χ2v) is 15.1. The van der Waals surface area contributed by atoms with Gasteiger partial charge in [0.2, 0.25) is 0 Å². The van der Waals surface area contributed by atoms with Crippen LogP contribution in [0.5, 0.6) is 0 Å². The zero-order valence-corrected chi connectivity index (χ0v) is 24.9. The second-order valence-electron chi connectivity index (χ2n) is 10.6. The summed E-state index contributed by atoms with van der Waals surface area (Å²) in [6.45, 7) is 9.52. The first-order valence-corrected chi connectivity index (χ1v) is 17.6. The third-order valence-corrected chi connectivity index (χ3v) is 12.7. The minimum atomic E-state index is -0.644. The van der Waals surface area contributed by atoms with Gasteiger partial charge in [0.25, 0.3) is 0 Å². The van der Waals surface area contributed by atoms with Gasteiger partial charge < -0.3 is 12.4 Å². The molecule has 0 rings (SSSR count). The van der Waals surface area contributed by atoms with Gasteiger partial charge in [0.05, 0.1) is 24.6 Å². The highest BCUT2D eigenvalue weighted by Crippen LogP contribution is 2.61. The second kappa shape index (κ2) is 28.0. The zero-order valence-electron chi connectivity index (χ0n) is 23.2.